The van der Waals surface area contributed by atoms with Crippen LogP contribution in [-0.4, -0.2) is 49.6 Å². The number of carbonyl (C=O) groups is 1. The Labute approximate surface area is 147 Å². The van der Waals surface area contributed by atoms with E-state index in [1.807, 2.05) is 21.6 Å². The third kappa shape index (κ3) is 3.44. The van der Waals surface area contributed by atoms with Crippen molar-refractivity contribution < 1.29 is 4.79 Å². The Morgan fingerprint density at radius 3 is 3.12 bits per heavy atom. The molecule has 1 saturated heterocycles. The number of aromatic nitrogens is 5. The lowest BCUT2D eigenvalue weighted by Crippen LogP contribution is -2.41. The molecule has 8 heteroatoms. The van der Waals surface area contributed by atoms with Gasteiger partial charge in [0.25, 0.3) is 5.91 Å². The number of amides is 1. The summed E-state index contributed by atoms with van der Waals surface area (Å²) in [5, 5.41) is 15.5. The Morgan fingerprint density at radius 2 is 2.32 bits per heavy atom. The molecule has 0 bridgehead atoms. The van der Waals surface area contributed by atoms with Crippen molar-refractivity contribution in [3.05, 3.63) is 29.6 Å². The lowest BCUT2D eigenvalue weighted by molar-refractivity contribution is 0.0919. The van der Waals surface area contributed by atoms with Crippen LogP contribution < -0.4 is 10.6 Å². The molecule has 0 spiro atoms. The summed E-state index contributed by atoms with van der Waals surface area (Å²) in [5.74, 6) is 1.80. The summed E-state index contributed by atoms with van der Waals surface area (Å²) in [4.78, 5) is 17.0. The van der Waals surface area contributed by atoms with Gasteiger partial charge in [-0.15, -0.1) is 0 Å². The molecular weight excluding hydrogens is 318 g/mol. The molecule has 1 amide bonds. The SMILES string of the molecule is CCc1nc2n(n1)CC(NC(=O)c1ccn(C3CCCNC3)n1)CC2. The summed E-state index contributed by atoms with van der Waals surface area (Å²) in [6, 6.07) is 2.23. The van der Waals surface area contributed by atoms with Gasteiger partial charge >= 0.3 is 0 Å². The molecule has 2 aliphatic heterocycles. The average molecular weight is 343 g/mol. The Kier molecular flexibility index (Phi) is 4.52. The number of fused-ring (bicyclic) bond motifs is 1. The van der Waals surface area contributed by atoms with Crippen LogP contribution in [-0.2, 0) is 19.4 Å². The molecule has 4 rings (SSSR count). The Balaban J connectivity index is 1.38. The van der Waals surface area contributed by atoms with E-state index in [2.05, 4.69) is 32.7 Å². The van der Waals surface area contributed by atoms with E-state index in [-0.39, 0.29) is 11.9 Å². The molecule has 2 unspecified atom stereocenters. The van der Waals surface area contributed by atoms with E-state index in [4.69, 9.17) is 0 Å². The van der Waals surface area contributed by atoms with Gasteiger partial charge in [0.05, 0.1) is 12.6 Å². The van der Waals surface area contributed by atoms with Gasteiger partial charge in [-0.25, -0.2) is 9.67 Å². The minimum absolute atomic E-state index is 0.0768. The first-order valence-corrected chi connectivity index (χ1v) is 9.22. The lowest BCUT2D eigenvalue weighted by atomic mass is 10.1. The smallest absolute Gasteiger partial charge is 0.272 e. The fourth-order valence-electron chi connectivity index (χ4n) is 3.61. The quantitative estimate of drug-likeness (QED) is 0.853. The molecule has 0 saturated carbocycles. The second kappa shape index (κ2) is 6.95. The molecule has 25 heavy (non-hydrogen) atoms. The molecule has 2 N–H and O–H groups in total. The zero-order chi connectivity index (χ0) is 17.2. The highest BCUT2D eigenvalue weighted by molar-refractivity contribution is 5.92. The molecule has 0 radical (unpaired) electrons. The second-order valence-electron chi connectivity index (χ2n) is 6.87. The van der Waals surface area contributed by atoms with Crippen LogP contribution in [0.1, 0.15) is 54.4 Å². The van der Waals surface area contributed by atoms with Crippen LogP contribution in [0, 0.1) is 0 Å². The summed E-state index contributed by atoms with van der Waals surface area (Å²) in [6.07, 6.45) is 6.74. The summed E-state index contributed by atoms with van der Waals surface area (Å²) in [5.41, 5.74) is 0.490. The van der Waals surface area contributed by atoms with Gasteiger partial charge in [-0.3, -0.25) is 9.48 Å². The number of nitrogens with zero attached hydrogens (tertiary/aromatic N) is 5. The third-order valence-electron chi connectivity index (χ3n) is 5.04. The molecule has 8 nitrogen and oxygen atoms in total. The predicted molar refractivity (Wildman–Crippen MR) is 92.3 cm³/mol. The van der Waals surface area contributed by atoms with E-state index in [1.165, 1.54) is 0 Å². The summed E-state index contributed by atoms with van der Waals surface area (Å²) >= 11 is 0. The van der Waals surface area contributed by atoms with Gasteiger partial charge in [0.1, 0.15) is 11.5 Å². The number of aryl methyl sites for hydroxylation is 2. The molecular formula is C17H25N7O. The van der Waals surface area contributed by atoms with E-state index in [0.717, 1.165) is 56.8 Å². The van der Waals surface area contributed by atoms with Crippen LogP contribution >= 0.6 is 0 Å². The van der Waals surface area contributed by atoms with Crippen LogP contribution in [0.25, 0.3) is 0 Å². The molecule has 0 aromatic carbocycles. The third-order valence-corrected chi connectivity index (χ3v) is 5.04. The largest absolute Gasteiger partial charge is 0.346 e. The normalized spacial score (nSPS) is 23.2. The molecule has 2 aliphatic rings. The van der Waals surface area contributed by atoms with Gasteiger partial charge < -0.3 is 10.6 Å². The van der Waals surface area contributed by atoms with Crippen molar-refractivity contribution in [2.24, 2.45) is 0 Å². The molecule has 2 atom stereocenters. The molecule has 1 fully saturated rings. The van der Waals surface area contributed by atoms with E-state index >= 15 is 0 Å². The molecule has 2 aromatic rings. The molecule has 0 aliphatic carbocycles. The van der Waals surface area contributed by atoms with E-state index in [9.17, 15) is 4.79 Å². The van der Waals surface area contributed by atoms with Gasteiger partial charge in [-0.05, 0) is 31.9 Å². The Bertz CT molecular complexity index is 744. The highest BCUT2D eigenvalue weighted by atomic mass is 16.2. The number of hydrogen-bond acceptors (Lipinski definition) is 5. The van der Waals surface area contributed by atoms with Crippen LogP contribution in [0.3, 0.4) is 0 Å². The van der Waals surface area contributed by atoms with Gasteiger partial charge in [0.2, 0.25) is 0 Å². The Hall–Kier alpha value is -2.22. The van der Waals surface area contributed by atoms with Crippen molar-refractivity contribution in [2.45, 2.75) is 57.7 Å². The van der Waals surface area contributed by atoms with Crippen LogP contribution in [0.5, 0.6) is 0 Å². The second-order valence-corrected chi connectivity index (χ2v) is 6.87. The van der Waals surface area contributed by atoms with Crippen molar-refractivity contribution >= 4 is 5.91 Å². The van der Waals surface area contributed by atoms with Crippen molar-refractivity contribution in [1.82, 2.24) is 35.2 Å². The number of carbonyl (C=O) groups excluding carboxylic acids is 1. The zero-order valence-corrected chi connectivity index (χ0v) is 14.6. The molecule has 4 heterocycles. The maximum Gasteiger partial charge on any atom is 0.272 e. The standard InChI is InChI=1S/C17H25N7O/c1-2-15-20-16-6-5-12(11-24(16)22-15)19-17(25)14-7-9-23(21-14)13-4-3-8-18-10-13/h7,9,12-13,18H,2-6,8,10-11H2,1H3,(H,19,25). The van der Waals surface area contributed by atoms with E-state index in [1.54, 1.807) is 0 Å². The minimum Gasteiger partial charge on any atom is -0.346 e. The van der Waals surface area contributed by atoms with Crippen LogP contribution in [0.15, 0.2) is 12.3 Å². The predicted octanol–water partition coefficient (Wildman–Crippen LogP) is 0.706. The topological polar surface area (TPSA) is 89.7 Å². The highest BCUT2D eigenvalue weighted by Gasteiger charge is 2.24. The summed E-state index contributed by atoms with van der Waals surface area (Å²) < 4.78 is 3.85. The van der Waals surface area contributed by atoms with Gasteiger partial charge in [0.15, 0.2) is 5.82 Å². The van der Waals surface area contributed by atoms with Crippen molar-refractivity contribution in [1.29, 1.82) is 0 Å². The minimum atomic E-state index is -0.105. The fraction of sp³-hybridized carbons (Fsp3) is 0.647. The maximum absolute atomic E-state index is 12.5. The molecule has 2 aromatic heterocycles. The number of rotatable bonds is 4. The monoisotopic (exact) mass is 343 g/mol. The maximum atomic E-state index is 12.5. The Morgan fingerprint density at radius 1 is 1.40 bits per heavy atom. The van der Waals surface area contributed by atoms with Crippen LogP contribution in [0.4, 0.5) is 0 Å². The average Bonchev–Trinajstić information content (AvgIpc) is 3.29. The van der Waals surface area contributed by atoms with E-state index in [0.29, 0.717) is 18.3 Å². The first-order chi connectivity index (χ1) is 12.2. The lowest BCUT2D eigenvalue weighted by Gasteiger charge is -2.23. The number of nitrogens with one attached hydrogen (secondary N) is 2. The number of hydrogen-bond donors (Lipinski definition) is 2. The fourth-order valence-corrected chi connectivity index (χ4v) is 3.61. The first kappa shape index (κ1) is 16.3. The van der Waals surface area contributed by atoms with Gasteiger partial charge in [-0.2, -0.15) is 10.2 Å². The van der Waals surface area contributed by atoms with Gasteiger partial charge in [-0.1, -0.05) is 6.92 Å². The van der Waals surface area contributed by atoms with Crippen molar-refractivity contribution in [3.8, 4) is 0 Å². The van der Waals surface area contributed by atoms with Crippen LogP contribution in [0.2, 0.25) is 0 Å². The number of piperidine rings is 1. The summed E-state index contributed by atoms with van der Waals surface area (Å²) in [7, 11) is 0. The van der Waals surface area contributed by atoms with Crippen molar-refractivity contribution in [3.63, 3.8) is 0 Å². The zero-order valence-electron chi connectivity index (χ0n) is 14.6. The summed E-state index contributed by atoms with van der Waals surface area (Å²) in [6.45, 7) is 4.72. The van der Waals surface area contributed by atoms with Gasteiger partial charge in [0, 0.05) is 31.6 Å². The van der Waals surface area contributed by atoms with E-state index < -0.39 is 0 Å². The van der Waals surface area contributed by atoms with Crippen molar-refractivity contribution in [2.75, 3.05) is 13.1 Å². The first-order valence-electron chi connectivity index (χ1n) is 9.22. The molecule has 134 valence electrons. The highest BCUT2D eigenvalue weighted by Crippen LogP contribution is 2.17.